The van der Waals surface area contributed by atoms with Crippen molar-refractivity contribution in [1.82, 2.24) is 14.4 Å². The van der Waals surface area contributed by atoms with Crippen molar-refractivity contribution in [3.8, 4) is 50.7 Å². The standard InChI is InChI=1S/C66H56F3N5O7S2/c1-5-71(6-2)41-22-27-48-55(36-41)80-56-37-42(72(7-3)8-4)23-28-49(56)61(48)45-15-9-10-16-46(45)64(78)73-31-33-74(34-32-73)65(79)53-18-12-14-20-60(53)83-82-59-19-13-11-17-52(59)63(77)70-40-21-26-47(54(35-40)66(67,68)69)62-50-29-24-43(75)38-57(50)81-58-39-44(76)25-30-51(58)62/h9-30,35-39H,5-8,31-34H2,1-4H3,(H-,70,75,76,77). The van der Waals surface area contributed by atoms with Gasteiger partial charge in [0.1, 0.15) is 35.8 Å². The van der Waals surface area contributed by atoms with Crippen molar-refractivity contribution in [2.45, 2.75) is 43.7 Å². The Hall–Kier alpha value is -8.80. The van der Waals surface area contributed by atoms with Gasteiger partial charge in [0.2, 0.25) is 5.36 Å². The van der Waals surface area contributed by atoms with Crippen LogP contribution in [0.25, 0.3) is 66.8 Å². The first kappa shape index (κ1) is 56.1. The number of nitrogens with one attached hydrogen (secondary N) is 1. The van der Waals surface area contributed by atoms with E-state index in [4.69, 9.17) is 8.83 Å². The summed E-state index contributed by atoms with van der Waals surface area (Å²) >= 11 is 0. The van der Waals surface area contributed by atoms with Crippen molar-refractivity contribution >= 4 is 72.6 Å². The zero-order chi connectivity index (χ0) is 58.1. The summed E-state index contributed by atoms with van der Waals surface area (Å²) in [5.41, 5.74) is 4.02. The van der Waals surface area contributed by atoms with Gasteiger partial charge in [0.25, 0.3) is 17.7 Å². The molecular formula is C66H56F3N5O7S2. The van der Waals surface area contributed by atoms with Crippen LogP contribution in [0.3, 0.4) is 0 Å². The highest BCUT2D eigenvalue weighted by atomic mass is 33.1. The average molecular weight is 1150 g/mol. The molecule has 0 saturated carbocycles. The highest BCUT2D eigenvalue weighted by molar-refractivity contribution is 8.76. The number of fused-ring (bicyclic) bond motifs is 4. The van der Waals surface area contributed by atoms with Gasteiger partial charge in [-0.15, -0.1) is 5.75 Å². The van der Waals surface area contributed by atoms with Crippen LogP contribution >= 0.6 is 21.6 Å². The maximum atomic E-state index is 15.1. The van der Waals surface area contributed by atoms with E-state index in [2.05, 4.69) is 78.9 Å². The summed E-state index contributed by atoms with van der Waals surface area (Å²) in [6, 6.07) is 45.1. The molecule has 17 heteroatoms. The summed E-state index contributed by atoms with van der Waals surface area (Å²) in [5, 5.41) is 17.1. The molecule has 6 aromatic rings. The largest absolute Gasteiger partial charge is 0.872 e. The van der Waals surface area contributed by atoms with E-state index in [1.807, 2.05) is 36.4 Å². The smallest absolute Gasteiger partial charge is 0.417 e. The van der Waals surface area contributed by atoms with Crippen LogP contribution in [-0.4, -0.2) is 79.9 Å². The third-order valence-electron chi connectivity index (χ3n) is 15.2. The first-order valence-electron chi connectivity index (χ1n) is 27.4. The predicted molar refractivity (Wildman–Crippen MR) is 322 cm³/mol. The van der Waals surface area contributed by atoms with E-state index < -0.39 is 28.8 Å². The first-order chi connectivity index (χ1) is 40.2. The number of benzene rings is 8. The quantitative estimate of drug-likeness (QED) is 0.0635. The number of amides is 3. The molecule has 1 N–H and O–H groups in total. The number of hydrogen-bond acceptors (Lipinski definition) is 10. The van der Waals surface area contributed by atoms with Gasteiger partial charge >= 0.3 is 6.18 Å². The maximum Gasteiger partial charge on any atom is 0.417 e. The average Bonchev–Trinajstić information content (AvgIpc) is 3.02. The molecular weight excluding hydrogens is 1100 g/mol. The zero-order valence-electron chi connectivity index (χ0n) is 45.8. The Labute approximate surface area is 484 Å². The van der Waals surface area contributed by atoms with Crippen molar-refractivity contribution in [2.75, 3.05) is 62.6 Å². The van der Waals surface area contributed by atoms with Gasteiger partial charge in [-0.3, -0.25) is 19.2 Å². The molecule has 12 nitrogen and oxygen atoms in total. The van der Waals surface area contributed by atoms with Crippen LogP contribution in [-0.2, 0) is 6.18 Å². The van der Waals surface area contributed by atoms with Gasteiger partial charge in [-0.05, 0) is 118 Å². The maximum absolute atomic E-state index is 15.1. The number of hydrogen-bond donors (Lipinski definition) is 1. The molecule has 0 spiro atoms. The van der Waals surface area contributed by atoms with Gasteiger partial charge in [-0.25, -0.2) is 4.58 Å². The SMILES string of the molecule is CCN(CC)c1ccc2c(-c3ccccc3C(=O)N3CCN(C(=O)c4ccccc4SSc4ccccc4C(=O)Nc4ccc(-c5c6ccc(=O)cc-6oc6cc([O-])ccc56)c(C(F)(F)F)c4)CC3)c3ccc(=[N+](CC)CC)cc-3oc2c1. The minimum absolute atomic E-state index is 0.0125. The summed E-state index contributed by atoms with van der Waals surface area (Å²) in [6.45, 7) is 13.0. The Balaban J connectivity index is 0.805. The molecule has 0 radical (unpaired) electrons. The Kier molecular flexibility index (Phi) is 15.9. The Morgan fingerprint density at radius 2 is 1.13 bits per heavy atom. The van der Waals surface area contributed by atoms with E-state index >= 15 is 13.2 Å². The van der Waals surface area contributed by atoms with Crippen LogP contribution in [0.15, 0.2) is 187 Å². The van der Waals surface area contributed by atoms with Crippen LogP contribution in [0.4, 0.5) is 24.5 Å². The second-order valence-electron chi connectivity index (χ2n) is 20.0. The van der Waals surface area contributed by atoms with Crippen molar-refractivity contribution in [2.24, 2.45) is 0 Å². The number of halogens is 3. The summed E-state index contributed by atoms with van der Waals surface area (Å²) in [5.74, 6) is -0.717. The van der Waals surface area contributed by atoms with Crippen molar-refractivity contribution < 1.29 is 41.5 Å². The summed E-state index contributed by atoms with van der Waals surface area (Å²) in [7, 11) is 2.50. The third-order valence-corrected chi connectivity index (χ3v) is 17.7. The fourth-order valence-electron chi connectivity index (χ4n) is 11.0. The molecule has 83 heavy (non-hydrogen) atoms. The van der Waals surface area contributed by atoms with Crippen LogP contribution < -0.4 is 30.7 Å². The number of nitrogens with zero attached hydrogens (tertiary/aromatic N) is 4. The van der Waals surface area contributed by atoms with Gasteiger partial charge < -0.3 is 34.0 Å². The van der Waals surface area contributed by atoms with E-state index in [0.29, 0.717) is 34.0 Å². The normalized spacial score (nSPS) is 12.8. The lowest BCUT2D eigenvalue weighted by atomic mass is 9.90. The Morgan fingerprint density at radius 3 is 1.78 bits per heavy atom. The van der Waals surface area contributed by atoms with Crippen LogP contribution in [0.2, 0.25) is 0 Å². The fourth-order valence-corrected chi connectivity index (χ4v) is 13.4. The molecule has 2 aliphatic carbocycles. The van der Waals surface area contributed by atoms with E-state index in [1.165, 1.54) is 58.0 Å². The number of piperazine rings is 1. The van der Waals surface area contributed by atoms with Gasteiger partial charge in [-0.1, -0.05) is 82.3 Å². The lowest BCUT2D eigenvalue weighted by Crippen LogP contribution is -2.50. The predicted octanol–water partition coefficient (Wildman–Crippen LogP) is 13.5. The lowest BCUT2D eigenvalue weighted by Gasteiger charge is -2.35. The van der Waals surface area contributed by atoms with E-state index in [1.54, 1.807) is 46.2 Å². The summed E-state index contributed by atoms with van der Waals surface area (Å²) in [6.07, 6.45) is -4.90. The molecule has 3 amide bonds. The summed E-state index contributed by atoms with van der Waals surface area (Å²) < 4.78 is 60.1. The third kappa shape index (κ3) is 11.2. The Morgan fingerprint density at radius 1 is 0.590 bits per heavy atom. The molecule has 6 aromatic carbocycles. The number of anilines is 2. The molecule has 0 aromatic heterocycles. The zero-order valence-corrected chi connectivity index (χ0v) is 47.5. The van der Waals surface area contributed by atoms with Crippen LogP contribution in [0, 0.1) is 0 Å². The van der Waals surface area contributed by atoms with Crippen molar-refractivity contribution in [1.29, 1.82) is 0 Å². The first-order valence-corrected chi connectivity index (χ1v) is 29.6. The second-order valence-corrected chi connectivity index (χ2v) is 22.2. The minimum atomic E-state index is -4.90. The number of rotatable bonds is 14. The van der Waals surface area contributed by atoms with E-state index in [0.717, 1.165) is 88.8 Å². The molecule has 3 aliphatic heterocycles. The highest BCUT2D eigenvalue weighted by Gasteiger charge is 2.36. The topological polar surface area (TPSA) is 142 Å². The number of carbonyl (C=O) groups is 3. The van der Waals surface area contributed by atoms with E-state index in [-0.39, 0.29) is 69.6 Å². The minimum Gasteiger partial charge on any atom is -0.872 e. The van der Waals surface area contributed by atoms with Crippen molar-refractivity contribution in [3.05, 3.63) is 202 Å². The van der Waals surface area contributed by atoms with Gasteiger partial charge in [0, 0.05) is 117 Å². The van der Waals surface area contributed by atoms with Crippen LogP contribution in [0.5, 0.6) is 5.75 Å². The molecule has 0 atom stereocenters. The van der Waals surface area contributed by atoms with Gasteiger partial charge in [-0.2, -0.15) is 13.2 Å². The van der Waals surface area contributed by atoms with E-state index in [9.17, 15) is 24.3 Å². The molecule has 3 heterocycles. The number of carbonyl (C=O) groups excluding carboxylic acids is 3. The number of alkyl halides is 3. The molecule has 420 valence electrons. The van der Waals surface area contributed by atoms with Crippen molar-refractivity contribution in [3.63, 3.8) is 0 Å². The second kappa shape index (κ2) is 23.6. The van der Waals surface area contributed by atoms with Gasteiger partial charge in [0.15, 0.2) is 5.43 Å². The van der Waals surface area contributed by atoms with Crippen LogP contribution in [0.1, 0.15) is 64.3 Å². The monoisotopic (exact) mass is 1150 g/mol. The lowest BCUT2D eigenvalue weighted by molar-refractivity contribution is -0.268. The highest BCUT2D eigenvalue weighted by Crippen LogP contribution is 2.48. The van der Waals surface area contributed by atoms with Gasteiger partial charge in [0.05, 0.1) is 22.8 Å². The Bertz CT molecular complexity index is 4220. The molecule has 1 saturated heterocycles. The molecule has 5 aliphatic rings. The molecule has 0 bridgehead atoms. The molecule has 11 rings (SSSR count). The fraction of sp³-hybridized carbons (Fsp3) is 0.197. The molecule has 1 fully saturated rings. The molecule has 0 unspecified atom stereocenters. The summed E-state index contributed by atoms with van der Waals surface area (Å²) in [4.78, 5) is 62.5.